The summed E-state index contributed by atoms with van der Waals surface area (Å²) >= 11 is 0. The number of allylic oxidation sites excluding steroid dienone is 1. The van der Waals surface area contributed by atoms with Gasteiger partial charge < -0.3 is 23.4 Å². The molecule has 8 atom stereocenters. The van der Waals surface area contributed by atoms with Gasteiger partial charge in [-0.3, -0.25) is 4.79 Å². The summed E-state index contributed by atoms with van der Waals surface area (Å²) in [5.41, 5.74) is 3.69. The van der Waals surface area contributed by atoms with Crippen LogP contribution in [0.15, 0.2) is 57.3 Å². The number of fused-ring (bicyclic) bond motifs is 7. The van der Waals surface area contributed by atoms with Crippen molar-refractivity contribution in [1.29, 1.82) is 0 Å². The highest BCUT2D eigenvalue weighted by Gasteiger charge is 2.56. The van der Waals surface area contributed by atoms with Gasteiger partial charge in [0.25, 0.3) is 0 Å². The Labute approximate surface area is 333 Å². The van der Waals surface area contributed by atoms with E-state index in [1.807, 2.05) is 18.2 Å². The molecule has 0 saturated heterocycles. The van der Waals surface area contributed by atoms with Crippen LogP contribution in [0.3, 0.4) is 0 Å². The molecular formula is C49H64O7. The van der Waals surface area contributed by atoms with E-state index in [2.05, 4.69) is 40.7 Å². The van der Waals surface area contributed by atoms with Crippen molar-refractivity contribution in [2.24, 2.45) is 46.3 Å². The number of aryl methyl sites for hydroxylation is 1. The lowest BCUT2D eigenvalue weighted by Gasteiger charge is -2.61. The van der Waals surface area contributed by atoms with Crippen molar-refractivity contribution < 1.29 is 28.2 Å². The van der Waals surface area contributed by atoms with Crippen LogP contribution in [0.4, 0.5) is 0 Å². The Kier molecular flexibility index (Phi) is 11.1. The van der Waals surface area contributed by atoms with Gasteiger partial charge >= 0.3 is 5.97 Å². The first-order valence-corrected chi connectivity index (χ1v) is 21.9. The maximum atomic E-state index is 13.7. The second kappa shape index (κ2) is 15.9. The average molecular weight is 765 g/mol. The molecule has 3 fully saturated rings. The zero-order chi connectivity index (χ0) is 39.2. The minimum atomic E-state index is -0.362. The van der Waals surface area contributed by atoms with Gasteiger partial charge in [-0.05, 0) is 134 Å². The molecule has 2 aromatic carbocycles. The summed E-state index contributed by atoms with van der Waals surface area (Å²) in [6, 6.07) is 10.6. The van der Waals surface area contributed by atoms with E-state index in [1.54, 1.807) is 25.1 Å². The fourth-order valence-corrected chi connectivity index (χ4v) is 12.0. The van der Waals surface area contributed by atoms with E-state index in [4.69, 9.17) is 23.4 Å². The molecule has 302 valence electrons. The molecule has 7 nitrogen and oxygen atoms in total. The van der Waals surface area contributed by atoms with Crippen LogP contribution in [0.25, 0.3) is 22.1 Å². The van der Waals surface area contributed by atoms with Gasteiger partial charge in [0.15, 0.2) is 18.1 Å². The van der Waals surface area contributed by atoms with Crippen LogP contribution in [-0.2, 0) is 9.53 Å². The number of benzene rings is 2. The van der Waals surface area contributed by atoms with Crippen molar-refractivity contribution in [2.45, 2.75) is 131 Å². The van der Waals surface area contributed by atoms with Crippen LogP contribution in [-0.4, -0.2) is 31.9 Å². The normalized spacial score (nSPS) is 30.3. The van der Waals surface area contributed by atoms with Crippen LogP contribution in [0.1, 0.15) is 124 Å². The highest BCUT2D eigenvalue weighted by Crippen LogP contribution is 2.65. The molecule has 0 bridgehead atoms. The van der Waals surface area contributed by atoms with Crippen molar-refractivity contribution in [2.75, 3.05) is 19.8 Å². The minimum Gasteiger partial charge on any atom is -0.490 e. The minimum absolute atomic E-state index is 0.121. The zero-order valence-electron chi connectivity index (χ0n) is 34.8. The highest BCUT2D eigenvalue weighted by molar-refractivity contribution is 5.84. The zero-order valence-corrected chi connectivity index (χ0v) is 34.8. The Bertz CT molecular complexity index is 2010. The first kappa shape index (κ1) is 39.1. The highest BCUT2D eigenvalue weighted by atomic mass is 16.6. The Morgan fingerprint density at radius 2 is 1.75 bits per heavy atom. The predicted molar refractivity (Wildman–Crippen MR) is 221 cm³/mol. The molecule has 0 radical (unpaired) electrons. The molecule has 8 rings (SSSR count). The number of hydrogen-bond acceptors (Lipinski definition) is 7. The van der Waals surface area contributed by atoms with Gasteiger partial charge in [-0.2, -0.15) is 0 Å². The van der Waals surface area contributed by atoms with Gasteiger partial charge in [0.1, 0.15) is 23.2 Å². The van der Waals surface area contributed by atoms with Crippen molar-refractivity contribution >= 4 is 16.9 Å². The predicted octanol–water partition coefficient (Wildman–Crippen LogP) is 11.7. The first-order valence-electron chi connectivity index (χ1n) is 21.9. The Morgan fingerprint density at radius 1 is 0.929 bits per heavy atom. The second-order valence-electron chi connectivity index (χ2n) is 19.2. The standard InChI is InChI=1S/C49H64O7/c1-30(2)9-7-10-31(3)34-11-17-40-38-15-13-35-26-37(19-22-49(35,6)41(38)20-21-48(40,5)28-34)56-45(50)29-54-36-14-16-39-43(27-36)55-32(4)46(47(39)51)33-12-18-42-44(25-33)53-24-8-23-52-42/h12-14,16,18,25,27,30-31,34,37-38,40-41H,7-11,15,17,19-24,26,28-29H2,1-6H3/t31-,34+,37+,38-,40+,41+,48+,49-/m0/s1. The number of ether oxygens (including phenoxy) is 4. The van der Waals surface area contributed by atoms with Crippen molar-refractivity contribution in [3.63, 3.8) is 0 Å². The second-order valence-corrected chi connectivity index (χ2v) is 19.2. The van der Waals surface area contributed by atoms with Crippen LogP contribution in [0.2, 0.25) is 0 Å². The summed E-state index contributed by atoms with van der Waals surface area (Å²) in [7, 11) is 0. The molecule has 56 heavy (non-hydrogen) atoms. The SMILES string of the molecule is Cc1oc2cc(OCC(=O)O[C@@H]3CC[C@@]4(C)C(=CC[C@H]5[C@H]6CC[C@@H]([C@@H](C)CCCC(C)C)C[C@@]6(C)CC[C@H]54)C3)ccc2c(=O)c1-c1ccc2c(c1)OCCCO2. The lowest BCUT2D eigenvalue weighted by atomic mass is 9.44. The molecule has 1 aliphatic heterocycles. The summed E-state index contributed by atoms with van der Waals surface area (Å²) < 4.78 is 29.8. The van der Waals surface area contributed by atoms with E-state index in [-0.39, 0.29) is 29.5 Å². The van der Waals surface area contributed by atoms with Crippen molar-refractivity contribution in [3.05, 3.63) is 64.0 Å². The topological polar surface area (TPSA) is 84.2 Å². The molecule has 0 N–H and O–H groups in total. The molecular weight excluding hydrogens is 701 g/mol. The van der Waals surface area contributed by atoms with E-state index in [0.29, 0.717) is 63.7 Å². The van der Waals surface area contributed by atoms with E-state index in [0.717, 1.165) is 61.2 Å². The molecule has 7 heteroatoms. The first-order chi connectivity index (χ1) is 26.9. The van der Waals surface area contributed by atoms with Crippen molar-refractivity contribution in [1.82, 2.24) is 0 Å². The third kappa shape index (κ3) is 7.65. The lowest BCUT2D eigenvalue weighted by molar-refractivity contribution is -0.154. The summed E-state index contributed by atoms with van der Waals surface area (Å²) in [5.74, 6) is 6.79. The number of carbonyl (C=O) groups excluding carboxylic acids is 1. The molecule has 4 aliphatic carbocycles. The van der Waals surface area contributed by atoms with Crippen LogP contribution < -0.4 is 19.6 Å². The maximum Gasteiger partial charge on any atom is 0.344 e. The lowest BCUT2D eigenvalue weighted by Crippen LogP contribution is -2.52. The molecule has 5 aliphatic rings. The van der Waals surface area contributed by atoms with Crippen LogP contribution in [0.5, 0.6) is 17.2 Å². The summed E-state index contributed by atoms with van der Waals surface area (Å²) in [6.45, 7) is 15.2. The number of carbonyl (C=O) groups is 1. The Hall–Kier alpha value is -3.74. The van der Waals surface area contributed by atoms with Crippen LogP contribution in [0, 0.1) is 53.3 Å². The molecule has 0 spiro atoms. The Morgan fingerprint density at radius 3 is 2.57 bits per heavy atom. The number of esters is 1. The summed E-state index contributed by atoms with van der Waals surface area (Å²) in [5, 5.41) is 0.443. The Balaban J connectivity index is 0.867. The molecule has 1 aromatic heterocycles. The molecule has 0 unspecified atom stereocenters. The fraction of sp³-hybridized carbons (Fsp3) is 0.633. The largest absolute Gasteiger partial charge is 0.490 e. The monoisotopic (exact) mass is 764 g/mol. The van der Waals surface area contributed by atoms with E-state index < -0.39 is 0 Å². The number of hydrogen-bond donors (Lipinski definition) is 0. The van der Waals surface area contributed by atoms with Gasteiger partial charge in [0.2, 0.25) is 5.43 Å². The fourth-order valence-electron chi connectivity index (χ4n) is 12.0. The quantitative estimate of drug-likeness (QED) is 0.150. The molecule has 3 aromatic rings. The van der Waals surface area contributed by atoms with E-state index in [1.165, 1.54) is 63.4 Å². The van der Waals surface area contributed by atoms with Crippen LogP contribution >= 0.6 is 0 Å². The van der Waals surface area contributed by atoms with Gasteiger partial charge in [0.05, 0.1) is 24.2 Å². The van der Waals surface area contributed by atoms with Gasteiger partial charge in [-0.15, -0.1) is 0 Å². The van der Waals surface area contributed by atoms with E-state index >= 15 is 0 Å². The van der Waals surface area contributed by atoms with Gasteiger partial charge in [-0.25, -0.2) is 4.79 Å². The molecule has 2 heterocycles. The number of rotatable bonds is 10. The third-order valence-corrected chi connectivity index (χ3v) is 15.1. The van der Waals surface area contributed by atoms with Crippen molar-refractivity contribution in [3.8, 4) is 28.4 Å². The third-order valence-electron chi connectivity index (χ3n) is 15.1. The maximum absolute atomic E-state index is 13.7. The van der Waals surface area contributed by atoms with E-state index in [9.17, 15) is 9.59 Å². The molecule has 0 amide bonds. The van der Waals surface area contributed by atoms with Gasteiger partial charge in [0, 0.05) is 18.9 Å². The van der Waals surface area contributed by atoms with Gasteiger partial charge in [-0.1, -0.05) is 71.6 Å². The summed E-state index contributed by atoms with van der Waals surface area (Å²) in [6.07, 6.45) is 18.3. The average Bonchev–Trinajstić information content (AvgIpc) is 3.41. The summed E-state index contributed by atoms with van der Waals surface area (Å²) in [4.78, 5) is 26.8. The smallest absolute Gasteiger partial charge is 0.344 e. The molecule has 3 saturated carbocycles.